The third kappa shape index (κ3) is 2.21. The summed E-state index contributed by atoms with van der Waals surface area (Å²) in [5.41, 5.74) is 0.320. The van der Waals surface area contributed by atoms with Crippen molar-refractivity contribution in [2.75, 3.05) is 26.2 Å². The lowest BCUT2D eigenvalue weighted by molar-refractivity contribution is -0.128. The van der Waals surface area contributed by atoms with Crippen molar-refractivity contribution in [2.24, 2.45) is 5.41 Å². The number of furan rings is 1. The van der Waals surface area contributed by atoms with Crippen LogP contribution in [0.2, 0.25) is 0 Å². The largest absolute Gasteiger partial charge is 0.472 e. The van der Waals surface area contributed by atoms with Crippen molar-refractivity contribution in [3.8, 4) is 0 Å². The first-order chi connectivity index (χ1) is 11.5. The molecule has 0 saturated carbocycles. The smallest absolute Gasteiger partial charge is 0.257 e. The molecule has 2 aliphatic rings. The number of hydrogen-bond donors (Lipinski definition) is 0. The zero-order chi connectivity index (χ0) is 16.9. The molecule has 4 heterocycles. The predicted octanol–water partition coefficient (Wildman–Crippen LogP) is 1.06. The number of nitrogens with zero attached hydrogens (tertiary/aromatic N) is 4. The van der Waals surface area contributed by atoms with Crippen LogP contribution in [0.4, 0.5) is 0 Å². The van der Waals surface area contributed by atoms with Gasteiger partial charge in [-0.2, -0.15) is 4.98 Å². The molecule has 1 spiro atoms. The molecule has 2 fully saturated rings. The van der Waals surface area contributed by atoms with Gasteiger partial charge in [-0.1, -0.05) is 5.16 Å². The van der Waals surface area contributed by atoms with Crippen molar-refractivity contribution in [1.82, 2.24) is 19.9 Å². The van der Waals surface area contributed by atoms with Gasteiger partial charge in [-0.25, -0.2) is 0 Å². The molecule has 0 N–H and O–H groups in total. The van der Waals surface area contributed by atoms with Gasteiger partial charge in [0.25, 0.3) is 5.91 Å². The molecule has 1 atom stereocenters. The highest BCUT2D eigenvalue weighted by Gasteiger charge is 2.58. The Bertz CT molecular complexity index is 776. The lowest BCUT2D eigenvalue weighted by Crippen LogP contribution is -2.61. The van der Waals surface area contributed by atoms with E-state index in [0.29, 0.717) is 43.5 Å². The van der Waals surface area contributed by atoms with Crippen LogP contribution in [-0.2, 0) is 4.79 Å². The maximum Gasteiger partial charge on any atom is 0.257 e. The van der Waals surface area contributed by atoms with Crippen LogP contribution in [0.25, 0.3) is 0 Å². The third-order valence-electron chi connectivity index (χ3n) is 5.00. The summed E-state index contributed by atoms with van der Waals surface area (Å²) in [4.78, 5) is 32.2. The van der Waals surface area contributed by atoms with Crippen molar-refractivity contribution < 1.29 is 18.5 Å². The van der Waals surface area contributed by atoms with E-state index in [0.717, 1.165) is 0 Å². The van der Waals surface area contributed by atoms with Gasteiger partial charge in [0.2, 0.25) is 11.8 Å². The first-order valence-corrected chi connectivity index (χ1v) is 7.86. The van der Waals surface area contributed by atoms with Gasteiger partial charge in [-0.05, 0) is 13.0 Å². The molecule has 0 aromatic carbocycles. The van der Waals surface area contributed by atoms with Gasteiger partial charge < -0.3 is 18.7 Å². The average molecular weight is 330 g/mol. The third-order valence-corrected chi connectivity index (χ3v) is 5.00. The summed E-state index contributed by atoms with van der Waals surface area (Å²) >= 11 is 0. The quantitative estimate of drug-likeness (QED) is 0.817. The fourth-order valence-electron chi connectivity index (χ4n) is 3.75. The van der Waals surface area contributed by atoms with Crippen LogP contribution in [0.1, 0.15) is 34.9 Å². The number of carbonyl (C=O) groups is 2. The standard InChI is InChI=1S/C16H18N4O4/c1-10-17-14(24-18-10)13-5-19(11(2)21)7-16(13)8-20(9-16)15(22)12-3-4-23-6-12/h3-4,6,13H,5,7-9H2,1-2H3. The molecule has 2 saturated heterocycles. The Morgan fingerprint density at radius 3 is 2.62 bits per heavy atom. The van der Waals surface area contributed by atoms with Gasteiger partial charge in [0, 0.05) is 38.5 Å². The Morgan fingerprint density at radius 2 is 2.04 bits per heavy atom. The first kappa shape index (κ1) is 14.9. The molecule has 1 unspecified atom stereocenters. The molecule has 126 valence electrons. The minimum Gasteiger partial charge on any atom is -0.472 e. The van der Waals surface area contributed by atoms with Gasteiger partial charge in [0.05, 0.1) is 17.7 Å². The fourth-order valence-corrected chi connectivity index (χ4v) is 3.75. The highest BCUT2D eigenvalue weighted by atomic mass is 16.5. The number of rotatable bonds is 2. The fraction of sp³-hybridized carbons (Fsp3) is 0.500. The molecule has 0 aliphatic carbocycles. The molecule has 4 rings (SSSR count). The number of likely N-dealkylation sites (tertiary alicyclic amines) is 2. The maximum atomic E-state index is 12.4. The average Bonchev–Trinajstić information content (AvgIpc) is 3.23. The van der Waals surface area contributed by atoms with E-state index in [1.165, 1.54) is 12.5 Å². The van der Waals surface area contributed by atoms with E-state index >= 15 is 0 Å². The first-order valence-electron chi connectivity index (χ1n) is 7.86. The summed E-state index contributed by atoms with van der Waals surface area (Å²) in [5.74, 6) is 1.04. The van der Waals surface area contributed by atoms with Gasteiger partial charge in [0.1, 0.15) is 6.26 Å². The van der Waals surface area contributed by atoms with E-state index in [2.05, 4.69) is 10.1 Å². The van der Waals surface area contributed by atoms with Crippen molar-refractivity contribution in [1.29, 1.82) is 0 Å². The molecule has 2 aromatic rings. The van der Waals surface area contributed by atoms with E-state index in [-0.39, 0.29) is 23.1 Å². The number of amides is 2. The van der Waals surface area contributed by atoms with E-state index in [4.69, 9.17) is 8.94 Å². The molecular formula is C16H18N4O4. The number of aryl methyl sites for hydroxylation is 1. The molecule has 8 heteroatoms. The van der Waals surface area contributed by atoms with E-state index in [1.807, 2.05) is 0 Å². The summed E-state index contributed by atoms with van der Waals surface area (Å²) in [5, 5.41) is 3.87. The Hall–Kier alpha value is -2.64. The summed E-state index contributed by atoms with van der Waals surface area (Å²) in [6.07, 6.45) is 2.93. The van der Waals surface area contributed by atoms with E-state index in [1.54, 1.807) is 29.7 Å². The maximum absolute atomic E-state index is 12.4. The summed E-state index contributed by atoms with van der Waals surface area (Å²) < 4.78 is 10.3. The van der Waals surface area contributed by atoms with Crippen molar-refractivity contribution in [2.45, 2.75) is 19.8 Å². The second kappa shape index (κ2) is 5.19. The van der Waals surface area contributed by atoms with Crippen LogP contribution in [0.5, 0.6) is 0 Å². The van der Waals surface area contributed by atoms with Crippen molar-refractivity contribution in [3.63, 3.8) is 0 Å². The Balaban J connectivity index is 1.56. The van der Waals surface area contributed by atoms with Gasteiger partial charge in [0.15, 0.2) is 5.82 Å². The minimum absolute atomic E-state index is 0.0210. The topological polar surface area (TPSA) is 92.7 Å². The van der Waals surface area contributed by atoms with E-state index in [9.17, 15) is 9.59 Å². The van der Waals surface area contributed by atoms with Crippen LogP contribution >= 0.6 is 0 Å². The molecule has 8 nitrogen and oxygen atoms in total. The lowest BCUT2D eigenvalue weighted by Gasteiger charge is -2.49. The number of hydrogen-bond acceptors (Lipinski definition) is 6. The lowest BCUT2D eigenvalue weighted by atomic mass is 9.71. The summed E-state index contributed by atoms with van der Waals surface area (Å²) in [7, 11) is 0. The molecule has 24 heavy (non-hydrogen) atoms. The molecule has 2 aliphatic heterocycles. The van der Waals surface area contributed by atoms with Crippen LogP contribution in [0.15, 0.2) is 27.5 Å². The van der Waals surface area contributed by atoms with Gasteiger partial charge in [-0.15, -0.1) is 0 Å². The highest BCUT2D eigenvalue weighted by Crippen LogP contribution is 2.49. The zero-order valence-electron chi connectivity index (χ0n) is 13.6. The van der Waals surface area contributed by atoms with Crippen LogP contribution < -0.4 is 0 Å². The van der Waals surface area contributed by atoms with Crippen LogP contribution in [0.3, 0.4) is 0 Å². The molecule has 0 radical (unpaired) electrons. The van der Waals surface area contributed by atoms with E-state index < -0.39 is 0 Å². The van der Waals surface area contributed by atoms with Crippen molar-refractivity contribution >= 4 is 11.8 Å². The van der Waals surface area contributed by atoms with Crippen molar-refractivity contribution in [3.05, 3.63) is 35.9 Å². The predicted molar refractivity (Wildman–Crippen MR) is 81.1 cm³/mol. The van der Waals surface area contributed by atoms with Crippen LogP contribution in [0, 0.1) is 12.3 Å². The summed E-state index contributed by atoms with van der Waals surface area (Å²) in [6.45, 7) is 5.60. The Morgan fingerprint density at radius 1 is 1.29 bits per heavy atom. The highest BCUT2D eigenvalue weighted by molar-refractivity contribution is 5.94. The number of carbonyl (C=O) groups excluding carboxylic acids is 2. The van der Waals surface area contributed by atoms with Gasteiger partial charge >= 0.3 is 0 Å². The molecular weight excluding hydrogens is 312 g/mol. The Labute approximate surface area is 138 Å². The normalized spacial score (nSPS) is 22.0. The minimum atomic E-state index is -0.218. The number of aromatic nitrogens is 2. The monoisotopic (exact) mass is 330 g/mol. The second-order valence-corrected chi connectivity index (χ2v) is 6.67. The van der Waals surface area contributed by atoms with Gasteiger partial charge in [-0.3, -0.25) is 9.59 Å². The molecule has 2 aromatic heterocycles. The second-order valence-electron chi connectivity index (χ2n) is 6.67. The molecule has 2 amide bonds. The Kier molecular flexibility index (Phi) is 3.22. The molecule has 0 bridgehead atoms. The zero-order valence-corrected chi connectivity index (χ0v) is 13.6. The summed E-state index contributed by atoms with van der Waals surface area (Å²) in [6, 6.07) is 1.66. The van der Waals surface area contributed by atoms with Crippen LogP contribution in [-0.4, -0.2) is 57.9 Å². The SMILES string of the molecule is CC(=O)N1CC(c2nc(C)no2)C2(C1)CN(C(=O)c1ccoc1)C2.